The Hall–Kier alpha value is -3.23. The minimum Gasteiger partial charge on any atom is -0.507 e. The van der Waals surface area contributed by atoms with Gasteiger partial charge in [0.2, 0.25) is 0 Å². The van der Waals surface area contributed by atoms with E-state index in [0.717, 1.165) is 26.2 Å². The van der Waals surface area contributed by atoms with Gasteiger partial charge in [0, 0.05) is 5.56 Å². The Bertz CT molecular complexity index is 1010. The molecule has 2 saturated heterocycles. The number of hydrogen-bond acceptors (Lipinski definition) is 4. The number of aliphatic hydroxyl groups is 1. The number of nitrogens with two attached hydrogens (primary N) is 1. The highest BCUT2D eigenvalue weighted by molar-refractivity contribution is 6.46. The zero-order valence-corrected chi connectivity index (χ0v) is 18.0. The van der Waals surface area contributed by atoms with Crippen molar-refractivity contribution in [2.75, 3.05) is 46.4 Å². The number of benzene rings is 2. The lowest BCUT2D eigenvalue weighted by Gasteiger charge is -2.28. The van der Waals surface area contributed by atoms with E-state index in [9.17, 15) is 19.1 Å². The average molecular weight is 442 g/mol. The minimum absolute atomic E-state index is 0.0220. The molecule has 0 spiro atoms. The molecule has 7 nitrogen and oxygen atoms in total. The summed E-state index contributed by atoms with van der Waals surface area (Å²) in [5.41, 5.74) is 1.02. The summed E-state index contributed by atoms with van der Waals surface area (Å²) in [7, 11) is 1.54. The Kier molecular flexibility index (Phi) is 6.53. The zero-order chi connectivity index (χ0) is 22.7. The second-order valence-electron chi connectivity index (χ2n) is 8.14. The van der Waals surface area contributed by atoms with Crippen LogP contribution in [-0.2, 0) is 9.59 Å². The summed E-state index contributed by atoms with van der Waals surface area (Å²) < 4.78 is 18.7. The predicted molar refractivity (Wildman–Crippen MR) is 116 cm³/mol. The lowest BCUT2D eigenvalue weighted by atomic mass is 9.95. The van der Waals surface area contributed by atoms with E-state index in [-0.39, 0.29) is 11.3 Å². The Morgan fingerprint density at radius 3 is 2.41 bits per heavy atom. The van der Waals surface area contributed by atoms with E-state index in [1.54, 1.807) is 36.4 Å². The fraction of sp³-hybridized carbons (Fsp3) is 0.333. The number of halogens is 1. The minimum atomic E-state index is -0.770. The lowest BCUT2D eigenvalue weighted by molar-refractivity contribution is -0.946. The molecule has 4 N–H and O–H groups in total. The van der Waals surface area contributed by atoms with Crippen LogP contribution in [0.2, 0.25) is 0 Å². The first-order valence-corrected chi connectivity index (χ1v) is 10.8. The van der Waals surface area contributed by atoms with Crippen molar-refractivity contribution in [1.82, 2.24) is 4.90 Å². The van der Waals surface area contributed by atoms with Crippen LogP contribution in [0, 0.1) is 5.82 Å². The van der Waals surface area contributed by atoms with Gasteiger partial charge in [0.15, 0.2) is 0 Å². The van der Waals surface area contributed by atoms with Gasteiger partial charge in [-0.2, -0.15) is 0 Å². The summed E-state index contributed by atoms with van der Waals surface area (Å²) in [6, 6.07) is 11.6. The molecular weight excluding hydrogens is 413 g/mol. The summed E-state index contributed by atoms with van der Waals surface area (Å²) in [6.45, 7) is 5.15. The van der Waals surface area contributed by atoms with Gasteiger partial charge in [0.05, 0.1) is 31.8 Å². The molecule has 2 fully saturated rings. The van der Waals surface area contributed by atoms with E-state index in [2.05, 4.69) is 5.32 Å². The van der Waals surface area contributed by atoms with Crippen molar-refractivity contribution in [3.8, 4) is 5.75 Å². The van der Waals surface area contributed by atoms with E-state index in [1.165, 1.54) is 29.0 Å². The van der Waals surface area contributed by atoms with Gasteiger partial charge in [-0.1, -0.05) is 12.1 Å². The highest BCUT2D eigenvalue weighted by Crippen LogP contribution is 2.39. The number of hydrogen-bond donors (Lipinski definition) is 3. The number of aliphatic hydroxyl groups excluding tert-OH is 1. The van der Waals surface area contributed by atoms with E-state index in [0.29, 0.717) is 30.0 Å². The maximum atomic E-state index is 13.6. The first-order valence-electron chi connectivity index (χ1n) is 10.8. The number of quaternary nitrogens is 2. The van der Waals surface area contributed by atoms with Crippen LogP contribution >= 0.6 is 0 Å². The monoisotopic (exact) mass is 441 g/mol. The summed E-state index contributed by atoms with van der Waals surface area (Å²) in [5.74, 6) is -1.41. The molecule has 32 heavy (non-hydrogen) atoms. The third-order valence-electron chi connectivity index (χ3n) is 6.20. The molecule has 0 aromatic heterocycles. The maximum Gasteiger partial charge on any atom is 0.295 e. The number of rotatable bonds is 6. The van der Waals surface area contributed by atoms with Gasteiger partial charge in [-0.3, -0.25) is 9.59 Å². The number of likely N-dealkylation sites (tertiary alicyclic amines) is 1. The van der Waals surface area contributed by atoms with Gasteiger partial charge in [-0.25, -0.2) is 4.39 Å². The number of carbonyl (C=O) groups excluding carboxylic acids is 2. The molecule has 0 aliphatic carbocycles. The average Bonchev–Trinajstić information content (AvgIpc) is 3.08. The van der Waals surface area contributed by atoms with Crippen molar-refractivity contribution < 1.29 is 34.0 Å². The van der Waals surface area contributed by atoms with Crippen LogP contribution in [0.4, 0.5) is 4.39 Å². The smallest absolute Gasteiger partial charge is 0.295 e. The van der Waals surface area contributed by atoms with Crippen LogP contribution < -0.4 is 15.0 Å². The molecule has 0 bridgehead atoms. The molecule has 2 heterocycles. The van der Waals surface area contributed by atoms with Crippen molar-refractivity contribution >= 4 is 17.4 Å². The Balaban J connectivity index is 1.71. The topological polar surface area (TPSA) is 87.9 Å². The molecule has 2 aliphatic rings. The SMILES string of the molecule is COc1ccc(C(O)=C2C(=O)C(=O)N(CC[NH+]3CC[NH2+]CC3)C2c2ccc(F)cc2)cc1. The first kappa shape index (κ1) is 22.0. The Labute approximate surface area is 186 Å². The van der Waals surface area contributed by atoms with Gasteiger partial charge in [-0.05, 0) is 42.0 Å². The maximum absolute atomic E-state index is 13.6. The molecule has 2 aliphatic heterocycles. The zero-order valence-electron chi connectivity index (χ0n) is 18.0. The Morgan fingerprint density at radius 1 is 1.12 bits per heavy atom. The van der Waals surface area contributed by atoms with Crippen molar-refractivity contribution in [3.63, 3.8) is 0 Å². The Morgan fingerprint density at radius 2 is 1.78 bits per heavy atom. The van der Waals surface area contributed by atoms with Crippen LogP contribution in [0.15, 0.2) is 54.1 Å². The van der Waals surface area contributed by atoms with Gasteiger partial charge < -0.3 is 25.0 Å². The van der Waals surface area contributed by atoms with Gasteiger partial charge in [0.1, 0.15) is 43.5 Å². The second kappa shape index (κ2) is 9.50. The quantitative estimate of drug-likeness (QED) is 0.327. The van der Waals surface area contributed by atoms with E-state index >= 15 is 0 Å². The van der Waals surface area contributed by atoms with Crippen LogP contribution in [-0.4, -0.2) is 68.1 Å². The summed E-state index contributed by atoms with van der Waals surface area (Å²) in [6.07, 6.45) is 0. The second-order valence-corrected chi connectivity index (χ2v) is 8.14. The van der Waals surface area contributed by atoms with Crippen molar-refractivity contribution in [1.29, 1.82) is 0 Å². The fourth-order valence-electron chi connectivity index (χ4n) is 4.42. The van der Waals surface area contributed by atoms with Crippen LogP contribution in [0.3, 0.4) is 0 Å². The lowest BCUT2D eigenvalue weighted by Crippen LogP contribution is -3.20. The van der Waals surface area contributed by atoms with Gasteiger partial charge in [0.25, 0.3) is 11.7 Å². The standard InChI is InChI=1S/C24H26FN3O4/c1-32-19-8-4-17(5-9-19)22(29)20-21(16-2-6-18(25)7-3-16)28(24(31)23(20)30)15-14-27-12-10-26-11-13-27/h2-9,21,26,29H,10-15H2,1H3/p+2. The number of amides is 1. The summed E-state index contributed by atoms with van der Waals surface area (Å²) >= 11 is 0. The first-order chi connectivity index (χ1) is 15.5. The van der Waals surface area contributed by atoms with E-state index in [4.69, 9.17) is 4.74 Å². The number of nitrogens with one attached hydrogen (secondary N) is 1. The molecule has 1 atom stereocenters. The molecule has 2 aromatic carbocycles. The summed E-state index contributed by atoms with van der Waals surface area (Å²) in [4.78, 5) is 28.9. The number of ketones is 1. The highest BCUT2D eigenvalue weighted by Gasteiger charge is 2.46. The highest BCUT2D eigenvalue weighted by atomic mass is 19.1. The van der Waals surface area contributed by atoms with Crippen molar-refractivity contribution in [2.24, 2.45) is 0 Å². The molecule has 2 aromatic rings. The molecule has 4 rings (SSSR count). The molecular formula is C24H28FN3O4+2. The molecule has 1 unspecified atom stereocenters. The van der Waals surface area contributed by atoms with Crippen molar-refractivity contribution in [3.05, 3.63) is 71.0 Å². The third kappa shape index (κ3) is 4.37. The molecule has 0 saturated carbocycles. The number of methoxy groups -OCH3 is 1. The van der Waals surface area contributed by atoms with Crippen LogP contribution in [0.1, 0.15) is 17.2 Å². The molecule has 0 radical (unpaired) electrons. The van der Waals surface area contributed by atoms with E-state index < -0.39 is 23.5 Å². The number of carbonyl (C=O) groups is 2. The largest absolute Gasteiger partial charge is 0.507 e. The summed E-state index contributed by atoms with van der Waals surface area (Å²) in [5, 5.41) is 13.3. The third-order valence-corrected chi connectivity index (χ3v) is 6.20. The van der Waals surface area contributed by atoms with Crippen molar-refractivity contribution in [2.45, 2.75) is 6.04 Å². The normalized spacial score (nSPS) is 21.2. The predicted octanol–water partition coefficient (Wildman–Crippen LogP) is -0.282. The van der Waals surface area contributed by atoms with Crippen LogP contribution in [0.5, 0.6) is 5.75 Å². The number of ether oxygens (including phenoxy) is 1. The molecule has 8 heteroatoms. The van der Waals surface area contributed by atoms with Crippen LogP contribution in [0.25, 0.3) is 5.76 Å². The number of nitrogens with zero attached hydrogens (tertiary/aromatic N) is 1. The van der Waals surface area contributed by atoms with Gasteiger partial charge >= 0.3 is 0 Å². The molecule has 168 valence electrons. The fourth-order valence-corrected chi connectivity index (χ4v) is 4.42. The molecule has 1 amide bonds. The number of piperazine rings is 1. The van der Waals surface area contributed by atoms with E-state index in [1.807, 2.05) is 0 Å². The van der Waals surface area contributed by atoms with Gasteiger partial charge in [-0.15, -0.1) is 0 Å². The number of Topliss-reactive ketones (excluding diaryl/α,β-unsaturated/α-hetero) is 1.